The maximum atomic E-state index is 5.58. The van der Waals surface area contributed by atoms with E-state index in [0.717, 1.165) is 51.7 Å². The van der Waals surface area contributed by atoms with Gasteiger partial charge in [-0.2, -0.15) is 5.10 Å². The van der Waals surface area contributed by atoms with Crippen molar-refractivity contribution in [1.82, 2.24) is 9.78 Å². The van der Waals surface area contributed by atoms with Crippen molar-refractivity contribution < 1.29 is 9.47 Å². The Labute approximate surface area is 154 Å². The number of rotatable bonds is 4. The minimum absolute atomic E-state index is 0.755. The zero-order valence-electron chi connectivity index (χ0n) is 14.0. The molecule has 0 aliphatic carbocycles. The number of nitrogens with one attached hydrogen (secondary N) is 1. The maximum absolute atomic E-state index is 5.58. The molecule has 0 fully saturated rings. The number of halogens is 1. The predicted octanol–water partition coefficient (Wildman–Crippen LogP) is 4.29. The average molecular weight is 400 g/mol. The molecule has 0 bridgehead atoms. The van der Waals surface area contributed by atoms with E-state index in [2.05, 4.69) is 21.2 Å². The highest BCUT2D eigenvalue weighted by atomic mass is 79.9. The lowest BCUT2D eigenvalue weighted by Gasteiger charge is -2.10. The number of hydrogen-bond acceptors (Lipinski definition) is 4. The smallest absolute Gasteiger partial charge is 0.133 e. The van der Waals surface area contributed by atoms with Crippen molar-refractivity contribution in [2.75, 3.05) is 26.1 Å². The first-order valence-corrected chi connectivity index (χ1v) is 8.85. The molecule has 0 saturated carbocycles. The highest BCUT2D eigenvalue weighted by Crippen LogP contribution is 2.40. The fourth-order valence-corrected chi connectivity index (χ4v) is 3.64. The van der Waals surface area contributed by atoms with Crippen molar-refractivity contribution in [3.8, 4) is 28.4 Å². The number of para-hydroxylation sites is 1. The molecule has 2 heterocycles. The second-order valence-electron chi connectivity index (χ2n) is 5.78. The van der Waals surface area contributed by atoms with E-state index in [0.29, 0.717) is 0 Å². The van der Waals surface area contributed by atoms with Gasteiger partial charge in [0, 0.05) is 28.2 Å². The van der Waals surface area contributed by atoms with Crippen molar-refractivity contribution in [3.05, 3.63) is 52.5 Å². The Morgan fingerprint density at radius 2 is 1.96 bits per heavy atom. The summed E-state index contributed by atoms with van der Waals surface area (Å²) in [6.07, 6.45) is 0.935. The molecule has 0 atom stereocenters. The van der Waals surface area contributed by atoms with Gasteiger partial charge in [-0.1, -0.05) is 12.1 Å². The topological polar surface area (TPSA) is 48.3 Å². The van der Waals surface area contributed by atoms with E-state index in [9.17, 15) is 0 Å². The number of anilines is 1. The van der Waals surface area contributed by atoms with E-state index < -0.39 is 0 Å². The summed E-state index contributed by atoms with van der Waals surface area (Å²) in [7, 11) is 3.32. The van der Waals surface area contributed by atoms with Gasteiger partial charge in [-0.3, -0.25) is 0 Å². The van der Waals surface area contributed by atoms with Gasteiger partial charge in [-0.15, -0.1) is 0 Å². The van der Waals surface area contributed by atoms with Gasteiger partial charge in [0.1, 0.15) is 23.0 Å². The van der Waals surface area contributed by atoms with E-state index in [1.54, 1.807) is 14.2 Å². The summed E-state index contributed by atoms with van der Waals surface area (Å²) in [6, 6.07) is 13.9. The van der Waals surface area contributed by atoms with Gasteiger partial charge < -0.3 is 14.8 Å². The molecule has 6 heteroatoms. The molecule has 0 amide bonds. The van der Waals surface area contributed by atoms with Crippen molar-refractivity contribution in [2.45, 2.75) is 6.42 Å². The van der Waals surface area contributed by atoms with Crippen LogP contribution in [-0.2, 0) is 6.42 Å². The molecule has 5 nitrogen and oxygen atoms in total. The number of fused-ring (bicyclic) bond motifs is 1. The van der Waals surface area contributed by atoms with Gasteiger partial charge >= 0.3 is 0 Å². The van der Waals surface area contributed by atoms with E-state index >= 15 is 0 Å². The van der Waals surface area contributed by atoms with Crippen LogP contribution in [0.1, 0.15) is 5.56 Å². The molecule has 4 rings (SSSR count). The third-order valence-corrected chi connectivity index (χ3v) is 5.07. The molecule has 0 radical (unpaired) electrons. The number of benzene rings is 2. The third kappa shape index (κ3) is 2.66. The number of aromatic nitrogens is 2. The van der Waals surface area contributed by atoms with Crippen molar-refractivity contribution in [3.63, 3.8) is 0 Å². The molecule has 0 saturated heterocycles. The minimum Gasteiger partial charge on any atom is -0.497 e. The van der Waals surface area contributed by atoms with Crippen LogP contribution in [0.2, 0.25) is 0 Å². The van der Waals surface area contributed by atoms with Gasteiger partial charge in [0.25, 0.3) is 0 Å². The van der Waals surface area contributed by atoms with Crippen molar-refractivity contribution in [1.29, 1.82) is 0 Å². The number of methoxy groups -OCH3 is 2. The number of hydrogen-bond donors (Lipinski definition) is 1. The zero-order valence-corrected chi connectivity index (χ0v) is 15.6. The molecule has 0 spiro atoms. The molecular formula is C19H18BrN3O2. The summed E-state index contributed by atoms with van der Waals surface area (Å²) >= 11 is 3.62. The van der Waals surface area contributed by atoms with Gasteiger partial charge in [-0.25, -0.2) is 4.68 Å². The highest BCUT2D eigenvalue weighted by molar-refractivity contribution is 9.10. The van der Waals surface area contributed by atoms with E-state index in [1.807, 2.05) is 47.1 Å². The van der Waals surface area contributed by atoms with Crippen LogP contribution in [0.5, 0.6) is 11.5 Å². The first kappa shape index (κ1) is 16.0. The molecule has 1 aliphatic rings. The number of ether oxygens (including phenoxy) is 2. The van der Waals surface area contributed by atoms with Gasteiger partial charge in [-0.05, 0) is 46.6 Å². The Balaban J connectivity index is 1.91. The van der Waals surface area contributed by atoms with Gasteiger partial charge in [0.15, 0.2) is 0 Å². The summed E-state index contributed by atoms with van der Waals surface area (Å²) < 4.78 is 13.9. The summed E-state index contributed by atoms with van der Waals surface area (Å²) in [6.45, 7) is 0.906. The molecule has 1 aromatic heterocycles. The first-order valence-electron chi connectivity index (χ1n) is 8.06. The standard InChI is InChI=1S/C19H18BrN3O2/c1-24-12-7-8-13(17(11-12)25-2)18-14-9-10-21-19(14)23(22-18)16-6-4-3-5-15(16)20/h3-8,11,21H,9-10H2,1-2H3. The summed E-state index contributed by atoms with van der Waals surface area (Å²) in [5.74, 6) is 2.56. The highest BCUT2D eigenvalue weighted by Gasteiger charge is 2.26. The molecule has 0 unspecified atom stereocenters. The van der Waals surface area contributed by atoms with E-state index in [4.69, 9.17) is 14.6 Å². The zero-order chi connectivity index (χ0) is 17.4. The molecule has 1 N–H and O–H groups in total. The lowest BCUT2D eigenvalue weighted by molar-refractivity contribution is 0.395. The van der Waals surface area contributed by atoms with Crippen LogP contribution in [0.15, 0.2) is 46.9 Å². The van der Waals surface area contributed by atoms with Crippen LogP contribution < -0.4 is 14.8 Å². The molecular weight excluding hydrogens is 382 g/mol. The predicted molar refractivity (Wildman–Crippen MR) is 102 cm³/mol. The monoisotopic (exact) mass is 399 g/mol. The van der Waals surface area contributed by atoms with E-state index in [1.165, 1.54) is 5.56 Å². The quantitative estimate of drug-likeness (QED) is 0.710. The number of nitrogens with zero attached hydrogens (tertiary/aromatic N) is 2. The van der Waals surface area contributed by atoms with Gasteiger partial charge in [0.05, 0.1) is 19.9 Å². The molecule has 2 aromatic carbocycles. The fraction of sp³-hybridized carbons (Fsp3) is 0.211. The molecule has 128 valence electrons. The first-order chi connectivity index (χ1) is 12.2. The Kier molecular flexibility index (Phi) is 4.13. The van der Waals surface area contributed by atoms with Crippen LogP contribution >= 0.6 is 15.9 Å². The molecule has 3 aromatic rings. The van der Waals surface area contributed by atoms with Gasteiger partial charge in [0.2, 0.25) is 0 Å². The average Bonchev–Trinajstić information content (AvgIpc) is 3.24. The Morgan fingerprint density at radius 1 is 1.12 bits per heavy atom. The normalized spacial score (nSPS) is 12.6. The Hall–Kier alpha value is -2.47. The third-order valence-electron chi connectivity index (χ3n) is 4.40. The van der Waals surface area contributed by atoms with Crippen LogP contribution in [0.4, 0.5) is 5.82 Å². The van der Waals surface area contributed by atoms with Crippen molar-refractivity contribution in [2.24, 2.45) is 0 Å². The SMILES string of the molecule is COc1ccc(-c2nn(-c3ccccc3Br)c3c2CCN3)c(OC)c1. The molecule has 25 heavy (non-hydrogen) atoms. The van der Waals surface area contributed by atoms with Crippen LogP contribution in [0.3, 0.4) is 0 Å². The molecule has 1 aliphatic heterocycles. The lowest BCUT2D eigenvalue weighted by atomic mass is 10.1. The van der Waals surface area contributed by atoms with Crippen LogP contribution in [-0.4, -0.2) is 30.5 Å². The second-order valence-corrected chi connectivity index (χ2v) is 6.64. The van der Waals surface area contributed by atoms with Crippen molar-refractivity contribution >= 4 is 21.7 Å². The second kappa shape index (κ2) is 6.44. The van der Waals surface area contributed by atoms with Crippen LogP contribution in [0.25, 0.3) is 16.9 Å². The minimum atomic E-state index is 0.755. The largest absolute Gasteiger partial charge is 0.497 e. The van der Waals surface area contributed by atoms with Crippen LogP contribution in [0, 0.1) is 0 Å². The summed E-state index contributed by atoms with van der Waals surface area (Å²) in [5, 5.41) is 8.36. The van der Waals surface area contributed by atoms with E-state index in [-0.39, 0.29) is 0 Å². The maximum Gasteiger partial charge on any atom is 0.133 e. The summed E-state index contributed by atoms with van der Waals surface area (Å²) in [4.78, 5) is 0. The fourth-order valence-electron chi connectivity index (χ4n) is 3.18. The summed E-state index contributed by atoms with van der Waals surface area (Å²) in [5.41, 5.74) is 4.12. The lowest BCUT2D eigenvalue weighted by Crippen LogP contribution is -2.05. The Bertz CT molecular complexity index is 936. The Morgan fingerprint density at radius 3 is 2.72 bits per heavy atom.